The fourth-order valence-corrected chi connectivity index (χ4v) is 2.58. The normalized spacial score (nSPS) is 14.1. The van der Waals surface area contributed by atoms with Gasteiger partial charge in [-0.2, -0.15) is 5.10 Å². The van der Waals surface area contributed by atoms with Gasteiger partial charge in [0.25, 0.3) is 0 Å². The molecule has 1 aliphatic heterocycles. The number of hydrogen-bond acceptors (Lipinski definition) is 3. The lowest BCUT2D eigenvalue weighted by Crippen LogP contribution is -2.20. The van der Waals surface area contributed by atoms with Crippen molar-refractivity contribution in [3.63, 3.8) is 0 Å². The first kappa shape index (κ1) is 11.9. The van der Waals surface area contributed by atoms with E-state index >= 15 is 0 Å². The van der Waals surface area contributed by atoms with Crippen LogP contribution >= 0.6 is 0 Å². The summed E-state index contributed by atoms with van der Waals surface area (Å²) in [6.07, 6.45) is 2.29. The molecule has 2 N–H and O–H groups in total. The highest BCUT2D eigenvalue weighted by atomic mass is 16.2. The number of aryl methyl sites for hydroxylation is 1. The van der Waals surface area contributed by atoms with Crippen LogP contribution in [0.15, 0.2) is 24.4 Å². The Hall–Kier alpha value is -2.14. The lowest BCUT2D eigenvalue weighted by molar-refractivity contribution is -0.117. The maximum absolute atomic E-state index is 11.7. The van der Waals surface area contributed by atoms with Crippen LogP contribution in [0.25, 0.3) is 11.1 Å². The average Bonchev–Trinajstić information content (AvgIpc) is 2.90. The van der Waals surface area contributed by atoms with Crippen molar-refractivity contribution in [2.75, 3.05) is 11.9 Å². The molecule has 1 aromatic carbocycles. The van der Waals surface area contributed by atoms with Gasteiger partial charge < -0.3 is 10.6 Å². The van der Waals surface area contributed by atoms with E-state index in [0.29, 0.717) is 13.0 Å². The van der Waals surface area contributed by atoms with Gasteiger partial charge in [0.1, 0.15) is 0 Å². The summed E-state index contributed by atoms with van der Waals surface area (Å²) in [6, 6.07) is 6.07. The molecule has 1 aromatic heterocycles. The number of fused-ring (bicyclic) bond motifs is 1. The number of carbonyl (C=O) groups excluding carboxylic acids is 1. The Bertz CT molecular complexity index is 659. The molecule has 0 unspecified atom stereocenters. The number of nitrogens with zero attached hydrogens (tertiary/aromatic N) is 3. The largest absolute Gasteiger partial charge is 0.325 e. The van der Waals surface area contributed by atoms with Crippen LogP contribution in [0.4, 0.5) is 5.69 Å². The minimum atomic E-state index is 0.136. The summed E-state index contributed by atoms with van der Waals surface area (Å²) in [6.45, 7) is 0.446. The summed E-state index contributed by atoms with van der Waals surface area (Å²) in [5.41, 5.74) is 10.9. The summed E-state index contributed by atoms with van der Waals surface area (Å²) in [5.74, 6) is 0.136. The summed E-state index contributed by atoms with van der Waals surface area (Å²) in [7, 11) is 3.69. The van der Waals surface area contributed by atoms with E-state index in [2.05, 4.69) is 11.2 Å². The molecule has 0 atom stereocenters. The molecular weight excluding hydrogens is 240 g/mol. The molecule has 0 spiro atoms. The number of aromatic nitrogens is 2. The first-order chi connectivity index (χ1) is 9.11. The van der Waals surface area contributed by atoms with Gasteiger partial charge in [-0.05, 0) is 23.3 Å². The number of benzene rings is 1. The molecule has 1 aliphatic rings. The van der Waals surface area contributed by atoms with E-state index in [-0.39, 0.29) is 5.91 Å². The van der Waals surface area contributed by atoms with Crippen molar-refractivity contribution in [3.05, 3.63) is 35.7 Å². The highest BCUT2D eigenvalue weighted by Gasteiger charge is 2.24. The zero-order valence-corrected chi connectivity index (χ0v) is 11.1. The first-order valence-corrected chi connectivity index (χ1v) is 6.22. The Morgan fingerprint density at radius 3 is 2.89 bits per heavy atom. The SMILES string of the molecule is CN1C(=O)Cc2cc(-c3cnn(C)c3CN)ccc21. The topological polar surface area (TPSA) is 64.2 Å². The van der Waals surface area contributed by atoms with Crippen molar-refractivity contribution in [1.82, 2.24) is 9.78 Å². The second-order valence-electron chi connectivity index (χ2n) is 4.81. The molecule has 0 bridgehead atoms. The summed E-state index contributed by atoms with van der Waals surface area (Å²) in [5, 5.41) is 4.25. The average molecular weight is 256 g/mol. The van der Waals surface area contributed by atoms with E-state index in [1.54, 1.807) is 9.58 Å². The van der Waals surface area contributed by atoms with Crippen LogP contribution < -0.4 is 10.6 Å². The number of carbonyl (C=O) groups is 1. The second-order valence-corrected chi connectivity index (χ2v) is 4.81. The zero-order valence-electron chi connectivity index (χ0n) is 11.1. The van der Waals surface area contributed by atoms with E-state index < -0.39 is 0 Å². The van der Waals surface area contributed by atoms with Gasteiger partial charge in [-0.3, -0.25) is 9.48 Å². The van der Waals surface area contributed by atoms with E-state index in [1.807, 2.05) is 32.4 Å². The van der Waals surface area contributed by atoms with E-state index in [1.165, 1.54) is 0 Å². The fourth-order valence-electron chi connectivity index (χ4n) is 2.58. The molecule has 19 heavy (non-hydrogen) atoms. The summed E-state index contributed by atoms with van der Waals surface area (Å²) < 4.78 is 1.79. The minimum absolute atomic E-state index is 0.136. The number of rotatable bonds is 2. The summed E-state index contributed by atoms with van der Waals surface area (Å²) >= 11 is 0. The quantitative estimate of drug-likeness (QED) is 0.874. The van der Waals surface area contributed by atoms with Crippen molar-refractivity contribution in [3.8, 4) is 11.1 Å². The number of likely N-dealkylation sites (N-methyl/N-ethyl adjacent to an activating group) is 1. The van der Waals surface area contributed by atoms with Gasteiger partial charge in [-0.25, -0.2) is 0 Å². The zero-order chi connectivity index (χ0) is 13.6. The van der Waals surface area contributed by atoms with Crippen LogP contribution in [0.2, 0.25) is 0 Å². The van der Waals surface area contributed by atoms with Crippen LogP contribution in [0, 0.1) is 0 Å². The van der Waals surface area contributed by atoms with Gasteiger partial charge in [-0.15, -0.1) is 0 Å². The van der Waals surface area contributed by atoms with Crippen LogP contribution in [-0.4, -0.2) is 22.7 Å². The third-order valence-electron chi connectivity index (χ3n) is 3.72. The van der Waals surface area contributed by atoms with Crippen LogP contribution in [0.1, 0.15) is 11.3 Å². The molecular formula is C14H16N4O. The Morgan fingerprint density at radius 1 is 1.37 bits per heavy atom. The smallest absolute Gasteiger partial charge is 0.231 e. The molecule has 98 valence electrons. The predicted molar refractivity (Wildman–Crippen MR) is 73.6 cm³/mol. The molecule has 5 heteroatoms. The van der Waals surface area contributed by atoms with Crippen LogP contribution in [0.3, 0.4) is 0 Å². The van der Waals surface area contributed by atoms with E-state index in [0.717, 1.165) is 28.1 Å². The van der Waals surface area contributed by atoms with E-state index in [9.17, 15) is 4.79 Å². The first-order valence-electron chi connectivity index (χ1n) is 6.22. The Morgan fingerprint density at radius 2 is 2.16 bits per heavy atom. The molecule has 0 aliphatic carbocycles. The maximum Gasteiger partial charge on any atom is 0.231 e. The molecule has 2 aromatic rings. The van der Waals surface area contributed by atoms with Gasteiger partial charge in [0.15, 0.2) is 0 Å². The molecule has 5 nitrogen and oxygen atoms in total. The number of hydrogen-bond donors (Lipinski definition) is 1. The third kappa shape index (κ3) is 1.74. The van der Waals surface area contributed by atoms with Crippen LogP contribution in [0.5, 0.6) is 0 Å². The van der Waals surface area contributed by atoms with Crippen molar-refractivity contribution >= 4 is 11.6 Å². The van der Waals surface area contributed by atoms with Crippen molar-refractivity contribution < 1.29 is 4.79 Å². The fraction of sp³-hybridized carbons (Fsp3) is 0.286. The molecule has 3 rings (SSSR count). The number of amides is 1. The van der Waals surface area contributed by atoms with Gasteiger partial charge in [0, 0.05) is 31.9 Å². The van der Waals surface area contributed by atoms with Crippen LogP contribution in [-0.2, 0) is 24.8 Å². The Labute approximate surface area is 111 Å². The van der Waals surface area contributed by atoms with Gasteiger partial charge >= 0.3 is 0 Å². The Kier molecular flexibility index (Phi) is 2.64. The lowest BCUT2D eigenvalue weighted by atomic mass is 10.0. The molecule has 0 fully saturated rings. The van der Waals surface area contributed by atoms with E-state index in [4.69, 9.17) is 5.73 Å². The number of anilines is 1. The highest BCUT2D eigenvalue weighted by molar-refractivity contribution is 6.01. The third-order valence-corrected chi connectivity index (χ3v) is 3.72. The van der Waals surface area contributed by atoms with Crippen molar-refractivity contribution in [1.29, 1.82) is 0 Å². The second kappa shape index (κ2) is 4.20. The lowest BCUT2D eigenvalue weighted by Gasteiger charge is -2.10. The molecule has 2 heterocycles. The van der Waals surface area contributed by atoms with Crippen molar-refractivity contribution in [2.24, 2.45) is 12.8 Å². The highest BCUT2D eigenvalue weighted by Crippen LogP contribution is 2.32. The van der Waals surface area contributed by atoms with Crippen molar-refractivity contribution in [2.45, 2.75) is 13.0 Å². The number of nitrogens with two attached hydrogens (primary N) is 1. The monoisotopic (exact) mass is 256 g/mol. The molecule has 0 saturated carbocycles. The maximum atomic E-state index is 11.7. The minimum Gasteiger partial charge on any atom is -0.325 e. The van der Waals surface area contributed by atoms with Gasteiger partial charge in [-0.1, -0.05) is 6.07 Å². The molecule has 0 radical (unpaired) electrons. The predicted octanol–water partition coefficient (Wildman–Crippen LogP) is 1.06. The standard InChI is InChI=1S/C14H16N4O/c1-17-12-4-3-9(5-10(12)6-14(17)19)11-8-16-18(2)13(11)7-15/h3-5,8H,6-7,15H2,1-2H3. The van der Waals surface area contributed by atoms with Gasteiger partial charge in [0.2, 0.25) is 5.91 Å². The molecule has 1 amide bonds. The van der Waals surface area contributed by atoms with Gasteiger partial charge in [0.05, 0.1) is 18.3 Å². The Balaban J connectivity index is 2.09. The summed E-state index contributed by atoms with van der Waals surface area (Å²) in [4.78, 5) is 13.4. The molecule has 0 saturated heterocycles.